The normalized spacial score (nSPS) is 11.6. The quantitative estimate of drug-likeness (QED) is 0.326. The molecule has 1 amide bonds. The maximum Gasteiger partial charge on any atom is 0.416 e. The Morgan fingerprint density at radius 2 is 1.87 bits per heavy atom. The Kier molecular flexibility index (Phi) is 5.40. The predicted molar refractivity (Wildman–Crippen MR) is 119 cm³/mol. The number of alkyl halides is 3. The Balaban J connectivity index is 1.65. The van der Waals surface area contributed by atoms with Crippen LogP contribution in [0.1, 0.15) is 25.9 Å². The maximum atomic E-state index is 12.9. The zero-order valence-corrected chi connectivity index (χ0v) is 18.1. The number of carbonyl (C=O) groups excluding carboxylic acids is 1. The SMILES string of the molecule is Cc1nc(C)c(-c2ccc3[s+]c(C(=O)[N-]c4cccc(C(F)(F)F)c4)c(N)c-3cc2)s1. The molecule has 0 atom stereocenters. The minimum atomic E-state index is -4.51. The van der Waals surface area contributed by atoms with Gasteiger partial charge in [0.1, 0.15) is 11.6 Å². The summed E-state index contributed by atoms with van der Waals surface area (Å²) in [5.41, 5.74) is 8.17. The smallest absolute Gasteiger partial charge is 0.416 e. The molecule has 9 heteroatoms. The van der Waals surface area contributed by atoms with Gasteiger partial charge in [0, 0.05) is 6.07 Å². The Hall–Kier alpha value is -3.04. The van der Waals surface area contributed by atoms with Crippen molar-refractivity contribution in [3.05, 3.63) is 75.0 Å². The van der Waals surface area contributed by atoms with E-state index >= 15 is 0 Å². The van der Waals surface area contributed by atoms with Crippen molar-refractivity contribution in [2.24, 2.45) is 0 Å². The number of fused-ring (bicyclic) bond motifs is 1. The number of nitrogens with two attached hydrogens (primary N) is 1. The lowest BCUT2D eigenvalue weighted by molar-refractivity contribution is -0.137. The molecule has 0 fully saturated rings. The Morgan fingerprint density at radius 3 is 2.55 bits per heavy atom. The third-order valence-electron chi connectivity index (χ3n) is 4.62. The van der Waals surface area contributed by atoms with Crippen molar-refractivity contribution in [2.45, 2.75) is 20.0 Å². The van der Waals surface area contributed by atoms with Gasteiger partial charge in [-0.05, 0) is 31.5 Å². The van der Waals surface area contributed by atoms with Crippen LogP contribution in [-0.4, -0.2) is 10.9 Å². The van der Waals surface area contributed by atoms with Gasteiger partial charge in [-0.1, -0.05) is 30.3 Å². The van der Waals surface area contributed by atoms with Gasteiger partial charge in [0.25, 0.3) is 4.88 Å². The second-order valence-corrected chi connectivity index (χ2v) is 9.11. The van der Waals surface area contributed by atoms with Gasteiger partial charge in [-0.2, -0.15) is 13.2 Å². The summed E-state index contributed by atoms with van der Waals surface area (Å²) in [5, 5.41) is 4.82. The first-order valence-corrected chi connectivity index (χ1v) is 10.8. The zero-order chi connectivity index (χ0) is 22.3. The highest BCUT2D eigenvalue weighted by Crippen LogP contribution is 2.42. The summed E-state index contributed by atoms with van der Waals surface area (Å²) in [5.74, 6) is -0.671. The number of amides is 1. The molecule has 2 aliphatic rings. The lowest BCUT2D eigenvalue weighted by atomic mass is 10.1. The fourth-order valence-corrected chi connectivity index (χ4v) is 5.12. The monoisotopic (exact) mass is 459 g/mol. The fraction of sp³-hybridized carbons (Fsp3) is 0.136. The predicted octanol–water partition coefficient (Wildman–Crippen LogP) is 7.32. The molecule has 4 nitrogen and oxygen atoms in total. The van der Waals surface area contributed by atoms with E-state index in [1.165, 1.54) is 12.1 Å². The van der Waals surface area contributed by atoms with Crippen LogP contribution in [0.25, 0.3) is 26.2 Å². The van der Waals surface area contributed by atoms with E-state index in [1.807, 2.05) is 38.1 Å². The number of halogens is 3. The van der Waals surface area contributed by atoms with E-state index in [-0.39, 0.29) is 16.3 Å². The summed E-state index contributed by atoms with van der Waals surface area (Å²) in [7, 11) is 0. The molecular formula is C22H16F3N3OS2. The van der Waals surface area contributed by atoms with Gasteiger partial charge in [0.15, 0.2) is 0 Å². The summed E-state index contributed by atoms with van der Waals surface area (Å²) in [6, 6.07) is 11.9. The number of thiazole rings is 1. The van der Waals surface area contributed by atoms with Crippen molar-refractivity contribution in [3.63, 3.8) is 0 Å². The number of nitrogens with zero attached hydrogens (tertiary/aromatic N) is 2. The van der Waals surface area contributed by atoms with Crippen LogP contribution in [0.2, 0.25) is 0 Å². The lowest BCUT2D eigenvalue weighted by Crippen LogP contribution is -2.04. The average Bonchev–Trinajstić information content (AvgIpc) is 3.11. The number of aromatic nitrogens is 1. The van der Waals surface area contributed by atoms with Crippen LogP contribution in [0.15, 0.2) is 48.5 Å². The molecule has 31 heavy (non-hydrogen) atoms. The minimum Gasteiger partial charge on any atom is -0.618 e. The molecule has 0 saturated carbocycles. The van der Waals surface area contributed by atoms with Gasteiger partial charge in [-0.25, -0.2) is 4.98 Å². The first kappa shape index (κ1) is 21.2. The molecule has 0 spiro atoms. The minimum absolute atomic E-state index is 0.0689. The van der Waals surface area contributed by atoms with E-state index < -0.39 is 17.6 Å². The molecule has 2 N–H and O–H groups in total. The number of anilines is 1. The molecule has 0 unspecified atom stereocenters. The summed E-state index contributed by atoms with van der Waals surface area (Å²) in [6.07, 6.45) is -4.51. The van der Waals surface area contributed by atoms with Crippen molar-refractivity contribution in [2.75, 3.05) is 5.73 Å². The topological polar surface area (TPSA) is 70.1 Å². The fourth-order valence-electron chi connectivity index (χ4n) is 3.19. The first-order valence-electron chi connectivity index (χ1n) is 9.16. The first-order chi connectivity index (χ1) is 14.6. The van der Waals surface area contributed by atoms with Crippen LogP contribution < -0.4 is 5.73 Å². The van der Waals surface area contributed by atoms with Crippen LogP contribution in [0.5, 0.6) is 0 Å². The summed E-state index contributed by atoms with van der Waals surface area (Å²) < 4.78 is 38.7. The van der Waals surface area contributed by atoms with Crippen molar-refractivity contribution in [1.29, 1.82) is 0 Å². The number of rotatable bonds is 3. The van der Waals surface area contributed by atoms with E-state index in [1.54, 1.807) is 11.3 Å². The highest BCUT2D eigenvalue weighted by Gasteiger charge is 2.31. The van der Waals surface area contributed by atoms with Gasteiger partial charge >= 0.3 is 6.18 Å². The molecule has 0 radical (unpaired) electrons. The van der Waals surface area contributed by atoms with Gasteiger partial charge in [-0.15, -0.1) is 17.0 Å². The highest BCUT2D eigenvalue weighted by molar-refractivity contribution is 7.18. The second-order valence-electron chi connectivity index (χ2n) is 6.86. The Morgan fingerprint density at radius 1 is 1.13 bits per heavy atom. The van der Waals surface area contributed by atoms with E-state index in [2.05, 4.69) is 10.3 Å². The molecule has 1 aromatic carbocycles. The van der Waals surface area contributed by atoms with Crippen molar-refractivity contribution in [3.8, 4) is 20.9 Å². The molecule has 2 aromatic rings. The van der Waals surface area contributed by atoms with E-state index in [9.17, 15) is 18.0 Å². The van der Waals surface area contributed by atoms with Crippen LogP contribution >= 0.6 is 22.7 Å². The van der Waals surface area contributed by atoms with Gasteiger partial charge in [0.05, 0.1) is 26.7 Å². The molecule has 1 aliphatic carbocycles. The molecule has 1 aliphatic heterocycles. The van der Waals surface area contributed by atoms with Crippen molar-refractivity contribution < 1.29 is 18.0 Å². The van der Waals surface area contributed by atoms with E-state index in [4.69, 9.17) is 5.73 Å². The van der Waals surface area contributed by atoms with Crippen molar-refractivity contribution in [1.82, 2.24) is 4.98 Å². The number of benzene rings is 1. The lowest BCUT2D eigenvalue weighted by Gasteiger charge is -2.18. The third kappa shape index (κ3) is 4.24. The van der Waals surface area contributed by atoms with Crippen LogP contribution in [-0.2, 0) is 6.18 Å². The Labute approximate surface area is 184 Å². The van der Waals surface area contributed by atoms with E-state index in [0.29, 0.717) is 5.56 Å². The standard InChI is InChI=1S/C22H16F3N3OS2/c1-11-19(30-12(2)27-11)13-6-8-16-17(9-7-13)31-20(18(16)26)21(29)28-15-5-3-4-14(10-15)22(23,24)25/h3-10H,1-2H3,(H2-,26,28,29). The second kappa shape index (κ2) is 7.90. The van der Waals surface area contributed by atoms with Gasteiger partial charge in [-0.3, -0.25) is 0 Å². The molecule has 0 saturated heterocycles. The zero-order valence-electron chi connectivity index (χ0n) is 16.4. The Bertz CT molecular complexity index is 1270. The number of thiophene rings is 1. The molecule has 2 heterocycles. The summed E-state index contributed by atoms with van der Waals surface area (Å²) in [6.45, 7) is 3.90. The number of hydrogen-bond donors (Lipinski definition) is 1. The summed E-state index contributed by atoms with van der Waals surface area (Å²) >= 11 is 2.76. The molecule has 1 aromatic heterocycles. The van der Waals surface area contributed by atoms with Gasteiger partial charge < -0.3 is 15.8 Å². The molecule has 158 valence electrons. The largest absolute Gasteiger partial charge is 0.618 e. The number of nitrogen functional groups attached to an aromatic ring is 1. The number of hydrogen-bond acceptors (Lipinski definition) is 4. The average molecular weight is 460 g/mol. The molecule has 4 rings (SSSR count). The third-order valence-corrected chi connectivity index (χ3v) is 6.92. The van der Waals surface area contributed by atoms with Crippen molar-refractivity contribution >= 4 is 40.0 Å². The van der Waals surface area contributed by atoms with E-state index in [0.717, 1.165) is 49.5 Å². The summed E-state index contributed by atoms with van der Waals surface area (Å²) in [4.78, 5) is 19.2. The van der Waals surface area contributed by atoms with Crippen LogP contribution in [0.4, 0.5) is 24.5 Å². The van der Waals surface area contributed by atoms with Gasteiger partial charge in [0.2, 0.25) is 16.2 Å². The van der Waals surface area contributed by atoms with Crippen LogP contribution in [0, 0.1) is 13.8 Å². The highest BCUT2D eigenvalue weighted by atomic mass is 32.1. The number of carbonyl (C=O) groups is 1. The maximum absolute atomic E-state index is 12.9. The van der Waals surface area contributed by atoms with Crippen LogP contribution in [0.3, 0.4) is 0 Å². The molecule has 0 bridgehead atoms. The number of aryl methyl sites for hydroxylation is 2. The molecular weight excluding hydrogens is 443 g/mol.